The van der Waals surface area contributed by atoms with Gasteiger partial charge >= 0.3 is 0 Å². The van der Waals surface area contributed by atoms with E-state index in [0.717, 1.165) is 18.6 Å². The molecule has 2 aliphatic carbocycles. The number of nitrogens with one attached hydrogen (secondary N) is 1. The average Bonchev–Trinajstić information content (AvgIpc) is 3.16. The quantitative estimate of drug-likeness (QED) is 0.812. The zero-order valence-corrected chi connectivity index (χ0v) is 13.8. The molecule has 0 aromatic heterocycles. The summed E-state index contributed by atoms with van der Waals surface area (Å²) in [6.07, 6.45) is 5.91. The van der Waals surface area contributed by atoms with Crippen LogP contribution in [0.1, 0.15) is 37.7 Å². The summed E-state index contributed by atoms with van der Waals surface area (Å²) in [5.41, 5.74) is 1.23. The minimum atomic E-state index is 0.134. The maximum absolute atomic E-state index is 12.2. The molecule has 0 saturated heterocycles. The molecule has 4 heteroatoms. The number of fused-ring (bicyclic) bond motifs is 2. The van der Waals surface area contributed by atoms with E-state index in [1.165, 1.54) is 24.8 Å². The molecule has 1 aromatic rings. The molecule has 4 unspecified atom stereocenters. The SMILES string of the molecule is COc1ccc(CCCC(=O)NC2C3CCC(C3)C2CO)cc1. The molecule has 2 N–H and O–H groups in total. The molecule has 126 valence electrons. The number of carbonyl (C=O) groups excluding carboxylic acids is 1. The van der Waals surface area contributed by atoms with E-state index < -0.39 is 0 Å². The second-order valence-corrected chi connectivity index (χ2v) is 6.97. The zero-order chi connectivity index (χ0) is 16.2. The largest absolute Gasteiger partial charge is 0.497 e. The van der Waals surface area contributed by atoms with Crippen LogP contribution in [0.3, 0.4) is 0 Å². The van der Waals surface area contributed by atoms with Gasteiger partial charge in [0.15, 0.2) is 0 Å². The van der Waals surface area contributed by atoms with Crippen LogP contribution in [0.2, 0.25) is 0 Å². The van der Waals surface area contributed by atoms with Gasteiger partial charge in [0.1, 0.15) is 5.75 Å². The summed E-state index contributed by atoms with van der Waals surface area (Å²) >= 11 is 0. The second kappa shape index (κ2) is 7.35. The Kier molecular flexibility index (Phi) is 5.21. The molecular weight excluding hydrogens is 290 g/mol. The highest BCUT2D eigenvalue weighted by molar-refractivity contribution is 5.76. The lowest BCUT2D eigenvalue weighted by Crippen LogP contribution is -2.45. The molecular formula is C19H27NO3. The first-order valence-electron chi connectivity index (χ1n) is 8.74. The smallest absolute Gasteiger partial charge is 0.220 e. The first kappa shape index (κ1) is 16.3. The van der Waals surface area contributed by atoms with Gasteiger partial charge in [0.05, 0.1) is 7.11 Å². The summed E-state index contributed by atoms with van der Waals surface area (Å²) < 4.78 is 5.15. The molecule has 0 aliphatic heterocycles. The van der Waals surface area contributed by atoms with Gasteiger partial charge in [0.2, 0.25) is 5.91 Å². The van der Waals surface area contributed by atoms with E-state index in [2.05, 4.69) is 17.4 Å². The second-order valence-electron chi connectivity index (χ2n) is 6.97. The third-order valence-corrected chi connectivity index (χ3v) is 5.66. The van der Waals surface area contributed by atoms with E-state index in [9.17, 15) is 9.90 Å². The minimum Gasteiger partial charge on any atom is -0.497 e. The van der Waals surface area contributed by atoms with E-state index in [1.54, 1.807) is 7.11 Å². The number of ether oxygens (including phenoxy) is 1. The van der Waals surface area contributed by atoms with Crippen molar-refractivity contribution in [1.29, 1.82) is 0 Å². The van der Waals surface area contributed by atoms with Crippen LogP contribution < -0.4 is 10.1 Å². The van der Waals surface area contributed by atoms with Crippen molar-refractivity contribution in [1.82, 2.24) is 5.32 Å². The van der Waals surface area contributed by atoms with Gasteiger partial charge in [-0.3, -0.25) is 4.79 Å². The fourth-order valence-corrected chi connectivity index (χ4v) is 4.40. The molecule has 2 bridgehead atoms. The van der Waals surface area contributed by atoms with Crippen molar-refractivity contribution in [2.75, 3.05) is 13.7 Å². The molecule has 2 aliphatic rings. The molecule has 0 heterocycles. The summed E-state index contributed by atoms with van der Waals surface area (Å²) in [6.45, 7) is 0.206. The Hall–Kier alpha value is -1.55. The van der Waals surface area contributed by atoms with Gasteiger partial charge in [0.25, 0.3) is 0 Å². The normalized spacial score (nSPS) is 28.8. The van der Waals surface area contributed by atoms with Gasteiger partial charge in [-0.25, -0.2) is 0 Å². The predicted octanol–water partition coefficient (Wildman–Crippen LogP) is 2.54. The number of rotatable bonds is 7. The Labute approximate surface area is 138 Å². The van der Waals surface area contributed by atoms with Gasteiger partial charge < -0.3 is 15.2 Å². The number of aliphatic hydroxyl groups is 1. The lowest BCUT2D eigenvalue weighted by atomic mass is 9.85. The number of aryl methyl sites for hydroxylation is 1. The Balaban J connectivity index is 1.42. The number of aliphatic hydroxyl groups excluding tert-OH is 1. The molecule has 4 nitrogen and oxygen atoms in total. The lowest BCUT2D eigenvalue weighted by molar-refractivity contribution is -0.122. The molecule has 4 atom stereocenters. The molecule has 23 heavy (non-hydrogen) atoms. The van der Waals surface area contributed by atoms with Gasteiger partial charge in [-0.05, 0) is 61.6 Å². The van der Waals surface area contributed by atoms with Gasteiger partial charge in [-0.1, -0.05) is 12.1 Å². The van der Waals surface area contributed by atoms with E-state index in [-0.39, 0.29) is 24.5 Å². The third kappa shape index (κ3) is 3.69. The van der Waals surface area contributed by atoms with Crippen LogP contribution in [0.15, 0.2) is 24.3 Å². The van der Waals surface area contributed by atoms with Crippen molar-refractivity contribution >= 4 is 5.91 Å². The van der Waals surface area contributed by atoms with Crippen LogP contribution in [-0.2, 0) is 11.2 Å². The van der Waals surface area contributed by atoms with Crippen LogP contribution in [-0.4, -0.2) is 30.8 Å². The highest BCUT2D eigenvalue weighted by Gasteiger charge is 2.47. The number of benzene rings is 1. The Morgan fingerprint density at radius 2 is 2.00 bits per heavy atom. The Morgan fingerprint density at radius 3 is 2.70 bits per heavy atom. The molecule has 1 aromatic carbocycles. The van der Waals surface area contributed by atoms with Crippen molar-refractivity contribution in [2.45, 2.75) is 44.6 Å². The standard InChI is InChI=1S/C19H27NO3/c1-23-16-9-5-13(6-10-16)3-2-4-18(22)20-19-15-8-7-14(11-15)17(19)12-21/h5-6,9-10,14-15,17,19,21H,2-4,7-8,11-12H2,1H3,(H,20,22). The number of methoxy groups -OCH3 is 1. The van der Waals surface area contributed by atoms with Crippen LogP contribution >= 0.6 is 0 Å². The zero-order valence-electron chi connectivity index (χ0n) is 13.8. The number of amides is 1. The summed E-state index contributed by atoms with van der Waals surface area (Å²) in [5, 5.41) is 12.8. The Morgan fingerprint density at radius 1 is 1.26 bits per heavy atom. The van der Waals surface area contributed by atoms with Crippen LogP contribution in [0.25, 0.3) is 0 Å². The van der Waals surface area contributed by atoms with Crippen LogP contribution in [0.4, 0.5) is 0 Å². The summed E-state index contributed by atoms with van der Waals surface area (Å²) in [4.78, 5) is 12.2. The summed E-state index contributed by atoms with van der Waals surface area (Å²) in [5.74, 6) is 2.48. The first-order valence-corrected chi connectivity index (χ1v) is 8.74. The fourth-order valence-electron chi connectivity index (χ4n) is 4.40. The van der Waals surface area contributed by atoms with Crippen molar-refractivity contribution in [3.63, 3.8) is 0 Å². The van der Waals surface area contributed by atoms with Crippen molar-refractivity contribution in [3.05, 3.63) is 29.8 Å². The minimum absolute atomic E-state index is 0.134. The van der Waals surface area contributed by atoms with Crippen LogP contribution in [0.5, 0.6) is 5.75 Å². The highest BCUT2D eigenvalue weighted by Crippen LogP contribution is 2.48. The van der Waals surface area contributed by atoms with Crippen molar-refractivity contribution in [3.8, 4) is 5.75 Å². The maximum atomic E-state index is 12.2. The summed E-state index contributed by atoms with van der Waals surface area (Å²) in [6, 6.07) is 8.21. The van der Waals surface area contributed by atoms with Crippen molar-refractivity contribution in [2.24, 2.45) is 17.8 Å². The molecule has 0 spiro atoms. The monoisotopic (exact) mass is 317 g/mol. The topological polar surface area (TPSA) is 58.6 Å². The number of hydrogen-bond acceptors (Lipinski definition) is 3. The number of carbonyl (C=O) groups is 1. The average molecular weight is 317 g/mol. The van der Waals surface area contributed by atoms with Gasteiger partial charge in [-0.2, -0.15) is 0 Å². The molecule has 2 saturated carbocycles. The highest BCUT2D eigenvalue weighted by atomic mass is 16.5. The van der Waals surface area contributed by atoms with E-state index in [4.69, 9.17) is 4.74 Å². The lowest BCUT2D eigenvalue weighted by Gasteiger charge is -2.30. The molecule has 1 amide bonds. The van der Waals surface area contributed by atoms with E-state index in [0.29, 0.717) is 18.3 Å². The predicted molar refractivity (Wildman–Crippen MR) is 89.3 cm³/mol. The molecule has 2 fully saturated rings. The van der Waals surface area contributed by atoms with Gasteiger partial charge in [0, 0.05) is 25.0 Å². The molecule has 3 rings (SSSR count). The Bertz CT molecular complexity index is 528. The summed E-state index contributed by atoms with van der Waals surface area (Å²) in [7, 11) is 1.66. The van der Waals surface area contributed by atoms with Crippen molar-refractivity contribution < 1.29 is 14.6 Å². The van der Waals surface area contributed by atoms with E-state index in [1.807, 2.05) is 12.1 Å². The maximum Gasteiger partial charge on any atom is 0.220 e. The van der Waals surface area contributed by atoms with Crippen LogP contribution in [0, 0.1) is 17.8 Å². The number of hydrogen-bond donors (Lipinski definition) is 2. The first-order chi connectivity index (χ1) is 11.2. The van der Waals surface area contributed by atoms with Gasteiger partial charge in [-0.15, -0.1) is 0 Å². The third-order valence-electron chi connectivity index (χ3n) is 5.66. The molecule has 0 radical (unpaired) electrons. The fraction of sp³-hybridized carbons (Fsp3) is 0.632. The van der Waals surface area contributed by atoms with E-state index >= 15 is 0 Å².